The van der Waals surface area contributed by atoms with Crippen molar-refractivity contribution in [3.63, 3.8) is 0 Å². The molecule has 0 amide bonds. The maximum Gasteiger partial charge on any atom is -0.000473 e. The number of unbranched alkanes of at least 4 members (excludes halogenated alkanes) is 2. The second-order valence-corrected chi connectivity index (χ2v) is 3.98. The van der Waals surface area contributed by atoms with E-state index < -0.39 is 0 Å². The topological polar surface area (TPSA) is 0 Å². The lowest BCUT2D eigenvalue weighted by Gasteiger charge is -2.13. The Morgan fingerprint density at radius 1 is 1.30 bits per heavy atom. The van der Waals surface area contributed by atoms with Crippen LogP contribution in [0.15, 0.2) is 11.6 Å². The Kier molecular flexibility index (Phi) is 4.42. The van der Waals surface area contributed by atoms with Crippen molar-refractivity contribution in [2.45, 2.75) is 38.5 Å². The molecule has 0 aliphatic heterocycles. The Bertz CT molecular complexity index is 116. The van der Waals surface area contributed by atoms with Gasteiger partial charge in [0.05, 0.1) is 0 Å². The summed E-state index contributed by atoms with van der Waals surface area (Å²) in [5, 5.41) is 0. The number of alkyl halides is 1. The quantitative estimate of drug-likeness (QED) is 0.302. The number of hydrogen-bond acceptors (Lipinski definition) is 0. The van der Waals surface area contributed by atoms with Crippen LogP contribution in [0.2, 0.25) is 0 Å². The fourth-order valence-electron chi connectivity index (χ4n) is 1.20. The molecule has 1 aliphatic rings. The summed E-state index contributed by atoms with van der Waals surface area (Å²) in [6.07, 6.45) is 10.8. The molecule has 10 heavy (non-hydrogen) atoms. The van der Waals surface area contributed by atoms with Gasteiger partial charge in [-0.2, -0.15) is 0 Å². The van der Waals surface area contributed by atoms with Gasteiger partial charge in [-0.3, -0.25) is 0 Å². The van der Waals surface area contributed by atoms with Crippen molar-refractivity contribution in [3.05, 3.63) is 11.6 Å². The third-order valence-corrected chi connectivity index (χ3v) is 2.79. The van der Waals surface area contributed by atoms with Crippen molar-refractivity contribution in [3.8, 4) is 0 Å². The first kappa shape index (κ1) is 8.57. The zero-order valence-electron chi connectivity index (χ0n) is 6.41. The third kappa shape index (κ3) is 3.04. The minimum Gasteiger partial charge on any atom is -0.0864 e. The van der Waals surface area contributed by atoms with Gasteiger partial charge in [0, 0.05) is 0 Å². The fraction of sp³-hybridized carbons (Fsp3) is 0.778. The Balaban J connectivity index is 1.85. The molecule has 58 valence electrons. The van der Waals surface area contributed by atoms with Gasteiger partial charge in [-0.05, 0) is 36.5 Å². The average molecular weight is 250 g/mol. The van der Waals surface area contributed by atoms with Crippen LogP contribution in [0, 0.1) is 0 Å². The summed E-state index contributed by atoms with van der Waals surface area (Å²) < 4.78 is 1.33. The molecule has 0 aromatic rings. The molecule has 0 radical (unpaired) electrons. The van der Waals surface area contributed by atoms with Crippen molar-refractivity contribution in [1.82, 2.24) is 0 Å². The van der Waals surface area contributed by atoms with E-state index in [4.69, 9.17) is 0 Å². The molecule has 0 heterocycles. The summed E-state index contributed by atoms with van der Waals surface area (Å²) in [5.41, 5.74) is 1.72. The lowest BCUT2D eigenvalue weighted by atomic mass is 9.94. The van der Waals surface area contributed by atoms with Crippen LogP contribution in [0.5, 0.6) is 0 Å². The van der Waals surface area contributed by atoms with Gasteiger partial charge >= 0.3 is 0 Å². The molecule has 1 heteroatoms. The number of hydrogen-bond donors (Lipinski definition) is 0. The van der Waals surface area contributed by atoms with Crippen molar-refractivity contribution < 1.29 is 0 Å². The van der Waals surface area contributed by atoms with Gasteiger partial charge in [0.15, 0.2) is 0 Å². The van der Waals surface area contributed by atoms with Gasteiger partial charge < -0.3 is 0 Å². The predicted octanol–water partition coefficient (Wildman–Crippen LogP) is 3.70. The smallest absolute Gasteiger partial charge is 0.000473 e. The van der Waals surface area contributed by atoms with E-state index in [-0.39, 0.29) is 0 Å². The molecule has 0 saturated heterocycles. The van der Waals surface area contributed by atoms with E-state index in [1.54, 1.807) is 5.57 Å². The number of rotatable bonds is 5. The highest BCUT2D eigenvalue weighted by Gasteiger charge is 2.03. The van der Waals surface area contributed by atoms with Gasteiger partial charge in [0.25, 0.3) is 0 Å². The molecule has 0 bridgehead atoms. The monoisotopic (exact) mass is 250 g/mol. The predicted molar refractivity (Wildman–Crippen MR) is 54.7 cm³/mol. The number of halogens is 1. The summed E-state index contributed by atoms with van der Waals surface area (Å²) in [6, 6.07) is 0. The maximum absolute atomic E-state index is 2.45. The van der Waals surface area contributed by atoms with Crippen LogP contribution in [0.3, 0.4) is 0 Å². The van der Waals surface area contributed by atoms with Crippen LogP contribution in [-0.4, -0.2) is 4.43 Å². The molecule has 0 N–H and O–H groups in total. The normalized spacial score (nSPS) is 16.3. The fourth-order valence-corrected chi connectivity index (χ4v) is 1.74. The minimum absolute atomic E-state index is 1.33. The van der Waals surface area contributed by atoms with Crippen LogP contribution in [0.1, 0.15) is 38.5 Å². The Hall–Kier alpha value is 0.470. The average Bonchev–Trinajstić information content (AvgIpc) is 1.84. The van der Waals surface area contributed by atoms with Crippen LogP contribution < -0.4 is 0 Å². The molecular formula is C9H15I. The molecule has 0 aromatic carbocycles. The first-order valence-electron chi connectivity index (χ1n) is 4.17. The van der Waals surface area contributed by atoms with Crippen molar-refractivity contribution >= 4 is 22.6 Å². The van der Waals surface area contributed by atoms with Crippen LogP contribution in [-0.2, 0) is 0 Å². The molecule has 0 unspecified atom stereocenters. The van der Waals surface area contributed by atoms with E-state index in [2.05, 4.69) is 28.7 Å². The molecule has 1 rings (SSSR count). The second kappa shape index (κ2) is 5.16. The maximum atomic E-state index is 2.45. The largest absolute Gasteiger partial charge is 0.0864 e. The zero-order valence-corrected chi connectivity index (χ0v) is 8.56. The molecule has 0 nitrogen and oxygen atoms in total. The lowest BCUT2D eigenvalue weighted by molar-refractivity contribution is 0.679. The van der Waals surface area contributed by atoms with Gasteiger partial charge in [0.2, 0.25) is 0 Å². The van der Waals surface area contributed by atoms with Crippen LogP contribution in [0.25, 0.3) is 0 Å². The van der Waals surface area contributed by atoms with E-state index in [0.717, 1.165) is 0 Å². The SMILES string of the molecule is ICCCCCC1=CCC1. The van der Waals surface area contributed by atoms with E-state index in [0.29, 0.717) is 0 Å². The summed E-state index contributed by atoms with van der Waals surface area (Å²) in [7, 11) is 0. The molecule has 0 atom stereocenters. The Morgan fingerprint density at radius 3 is 2.60 bits per heavy atom. The first-order chi connectivity index (χ1) is 4.93. The molecule has 0 fully saturated rings. The molecule has 0 saturated carbocycles. The van der Waals surface area contributed by atoms with E-state index >= 15 is 0 Å². The van der Waals surface area contributed by atoms with Crippen LogP contribution in [0.4, 0.5) is 0 Å². The van der Waals surface area contributed by atoms with Gasteiger partial charge in [-0.1, -0.05) is 40.7 Å². The van der Waals surface area contributed by atoms with E-state index in [9.17, 15) is 0 Å². The highest BCUT2D eigenvalue weighted by Crippen LogP contribution is 2.23. The van der Waals surface area contributed by atoms with Crippen LogP contribution >= 0.6 is 22.6 Å². The van der Waals surface area contributed by atoms with E-state index in [1.807, 2.05) is 0 Å². The van der Waals surface area contributed by atoms with Gasteiger partial charge in [-0.15, -0.1) is 0 Å². The standard InChI is InChI=1S/C9H15I/c10-8-3-1-2-5-9-6-4-7-9/h6H,1-5,7-8H2. The molecule has 1 aliphatic carbocycles. The first-order valence-corrected chi connectivity index (χ1v) is 5.70. The molecule has 0 aromatic heterocycles. The zero-order chi connectivity index (χ0) is 7.23. The number of allylic oxidation sites excluding steroid dienone is 2. The summed E-state index contributed by atoms with van der Waals surface area (Å²) in [5.74, 6) is 0. The minimum atomic E-state index is 1.33. The summed E-state index contributed by atoms with van der Waals surface area (Å²) in [4.78, 5) is 0. The molecule has 0 spiro atoms. The summed E-state index contributed by atoms with van der Waals surface area (Å²) in [6.45, 7) is 0. The lowest BCUT2D eigenvalue weighted by Crippen LogP contribution is -1.93. The van der Waals surface area contributed by atoms with Gasteiger partial charge in [0.1, 0.15) is 0 Å². The highest BCUT2D eigenvalue weighted by atomic mass is 127. The van der Waals surface area contributed by atoms with Crippen molar-refractivity contribution in [2.75, 3.05) is 4.43 Å². The van der Waals surface area contributed by atoms with E-state index in [1.165, 1.54) is 43.0 Å². The summed E-state index contributed by atoms with van der Waals surface area (Å²) >= 11 is 2.45. The molecular weight excluding hydrogens is 235 g/mol. The van der Waals surface area contributed by atoms with Gasteiger partial charge in [-0.25, -0.2) is 0 Å². The highest BCUT2D eigenvalue weighted by molar-refractivity contribution is 14.1. The Morgan fingerprint density at radius 2 is 2.10 bits per heavy atom. The van der Waals surface area contributed by atoms with Crippen molar-refractivity contribution in [1.29, 1.82) is 0 Å². The van der Waals surface area contributed by atoms with Crippen molar-refractivity contribution in [2.24, 2.45) is 0 Å². The Labute approximate surface area is 77.2 Å². The second-order valence-electron chi connectivity index (χ2n) is 2.90. The third-order valence-electron chi connectivity index (χ3n) is 2.03.